The first-order valence-corrected chi connectivity index (χ1v) is 7.45. The third-order valence-electron chi connectivity index (χ3n) is 4.09. The SMILES string of the molecule is COc1ccc(C(=O)N[C@H]2C[C@H]2c2ccccc2OC)c(O)c1. The molecule has 5 heteroatoms. The third-order valence-corrected chi connectivity index (χ3v) is 4.09. The van der Waals surface area contributed by atoms with Crippen molar-refractivity contribution in [2.75, 3.05) is 14.2 Å². The van der Waals surface area contributed by atoms with Crippen molar-refractivity contribution in [1.29, 1.82) is 0 Å². The number of amides is 1. The minimum absolute atomic E-state index is 0.0558. The maximum Gasteiger partial charge on any atom is 0.255 e. The summed E-state index contributed by atoms with van der Waals surface area (Å²) in [6.45, 7) is 0. The number of ether oxygens (including phenoxy) is 2. The van der Waals surface area contributed by atoms with Crippen molar-refractivity contribution < 1.29 is 19.4 Å². The Balaban J connectivity index is 1.68. The molecule has 0 heterocycles. The molecule has 2 aromatic rings. The van der Waals surface area contributed by atoms with Gasteiger partial charge in [0.15, 0.2) is 0 Å². The minimum atomic E-state index is -0.285. The first-order valence-electron chi connectivity index (χ1n) is 7.45. The number of hydrogen-bond acceptors (Lipinski definition) is 4. The Morgan fingerprint density at radius 2 is 1.96 bits per heavy atom. The highest BCUT2D eigenvalue weighted by Crippen LogP contribution is 2.44. The second-order valence-electron chi connectivity index (χ2n) is 5.55. The molecule has 3 rings (SSSR count). The van der Waals surface area contributed by atoms with E-state index >= 15 is 0 Å². The van der Waals surface area contributed by atoms with Crippen molar-refractivity contribution in [3.8, 4) is 17.2 Å². The molecular weight excluding hydrogens is 294 g/mol. The number of nitrogens with one attached hydrogen (secondary N) is 1. The van der Waals surface area contributed by atoms with Gasteiger partial charge in [0.2, 0.25) is 0 Å². The van der Waals surface area contributed by atoms with Crippen molar-refractivity contribution in [2.24, 2.45) is 0 Å². The molecule has 2 aromatic carbocycles. The summed E-state index contributed by atoms with van der Waals surface area (Å²) in [5.74, 6) is 1.22. The van der Waals surface area contributed by atoms with E-state index in [0.29, 0.717) is 5.75 Å². The van der Waals surface area contributed by atoms with Gasteiger partial charge in [-0.25, -0.2) is 0 Å². The molecule has 1 fully saturated rings. The van der Waals surface area contributed by atoms with Gasteiger partial charge in [-0.05, 0) is 30.2 Å². The number of carbonyl (C=O) groups excluding carboxylic acids is 1. The molecule has 2 N–H and O–H groups in total. The number of rotatable bonds is 5. The number of benzene rings is 2. The van der Waals surface area contributed by atoms with Crippen LogP contribution in [0.15, 0.2) is 42.5 Å². The lowest BCUT2D eigenvalue weighted by atomic mass is 10.1. The fourth-order valence-electron chi connectivity index (χ4n) is 2.75. The summed E-state index contributed by atoms with van der Waals surface area (Å²) in [4.78, 5) is 12.3. The highest BCUT2D eigenvalue weighted by atomic mass is 16.5. The molecule has 0 aliphatic heterocycles. The average Bonchev–Trinajstić information content (AvgIpc) is 3.33. The van der Waals surface area contributed by atoms with Crippen LogP contribution in [-0.4, -0.2) is 31.3 Å². The monoisotopic (exact) mass is 313 g/mol. The summed E-state index contributed by atoms with van der Waals surface area (Å²) in [5.41, 5.74) is 1.34. The normalized spacial score (nSPS) is 19.0. The largest absolute Gasteiger partial charge is 0.507 e. The average molecular weight is 313 g/mol. The minimum Gasteiger partial charge on any atom is -0.507 e. The fraction of sp³-hybridized carbons (Fsp3) is 0.278. The zero-order valence-electron chi connectivity index (χ0n) is 13.1. The maximum absolute atomic E-state index is 12.3. The Hall–Kier alpha value is -2.69. The molecule has 0 radical (unpaired) electrons. The lowest BCUT2D eigenvalue weighted by molar-refractivity contribution is 0.0947. The Bertz CT molecular complexity index is 729. The summed E-state index contributed by atoms with van der Waals surface area (Å²) in [7, 11) is 3.15. The van der Waals surface area contributed by atoms with Gasteiger partial charge in [-0.15, -0.1) is 0 Å². The predicted octanol–water partition coefficient (Wildman–Crippen LogP) is 2.70. The number of aromatic hydroxyl groups is 1. The molecule has 1 aliphatic rings. The fourth-order valence-corrected chi connectivity index (χ4v) is 2.75. The van der Waals surface area contributed by atoms with Gasteiger partial charge in [0, 0.05) is 18.0 Å². The summed E-state index contributed by atoms with van der Waals surface area (Å²) in [6.07, 6.45) is 0.864. The standard InChI is InChI=1S/C18H19NO4/c1-22-11-7-8-13(16(20)9-11)18(21)19-15-10-14(15)12-5-3-4-6-17(12)23-2/h3-9,14-15,20H,10H2,1-2H3,(H,19,21)/t14-,15-/m0/s1. The van der Waals surface area contributed by atoms with Crippen molar-refractivity contribution >= 4 is 5.91 Å². The third kappa shape index (κ3) is 3.08. The molecular formula is C18H19NO4. The van der Waals surface area contributed by atoms with Crippen LogP contribution in [0.25, 0.3) is 0 Å². The molecule has 0 unspecified atom stereocenters. The van der Waals surface area contributed by atoms with Gasteiger partial charge in [-0.3, -0.25) is 4.79 Å². The Morgan fingerprint density at radius 3 is 2.65 bits per heavy atom. The van der Waals surface area contributed by atoms with Crippen LogP contribution in [0.3, 0.4) is 0 Å². The van der Waals surface area contributed by atoms with E-state index in [1.807, 2.05) is 24.3 Å². The molecule has 0 aromatic heterocycles. The van der Waals surface area contributed by atoms with Crippen molar-refractivity contribution in [3.05, 3.63) is 53.6 Å². The number of phenolic OH excluding ortho intramolecular Hbond substituents is 1. The topological polar surface area (TPSA) is 67.8 Å². The highest BCUT2D eigenvalue weighted by Gasteiger charge is 2.41. The molecule has 120 valence electrons. The van der Waals surface area contributed by atoms with Gasteiger partial charge in [0.25, 0.3) is 5.91 Å². The van der Waals surface area contributed by atoms with E-state index in [-0.39, 0.29) is 29.2 Å². The molecule has 2 atom stereocenters. The summed E-state index contributed by atoms with van der Waals surface area (Å²) in [6, 6.07) is 12.5. The van der Waals surface area contributed by atoms with Gasteiger partial charge in [0.1, 0.15) is 17.2 Å². The van der Waals surface area contributed by atoms with Crippen LogP contribution in [0.5, 0.6) is 17.2 Å². The van der Waals surface area contributed by atoms with Crippen LogP contribution >= 0.6 is 0 Å². The van der Waals surface area contributed by atoms with Crippen LogP contribution in [0.4, 0.5) is 0 Å². The summed E-state index contributed by atoms with van der Waals surface area (Å²) in [5, 5.41) is 12.9. The van der Waals surface area contributed by atoms with Gasteiger partial charge in [0.05, 0.1) is 19.8 Å². The molecule has 5 nitrogen and oxygen atoms in total. The van der Waals surface area contributed by atoms with Crippen molar-refractivity contribution in [3.63, 3.8) is 0 Å². The smallest absolute Gasteiger partial charge is 0.255 e. The van der Waals surface area contributed by atoms with Crippen LogP contribution in [0.1, 0.15) is 28.3 Å². The van der Waals surface area contributed by atoms with E-state index in [2.05, 4.69) is 5.32 Å². The van der Waals surface area contributed by atoms with Crippen LogP contribution in [0.2, 0.25) is 0 Å². The summed E-state index contributed by atoms with van der Waals surface area (Å²) < 4.78 is 10.4. The van der Waals surface area contributed by atoms with E-state index in [9.17, 15) is 9.90 Å². The lowest BCUT2D eigenvalue weighted by Gasteiger charge is -2.10. The van der Waals surface area contributed by atoms with E-state index in [1.165, 1.54) is 13.2 Å². The van der Waals surface area contributed by atoms with Crippen LogP contribution in [0, 0.1) is 0 Å². The van der Waals surface area contributed by atoms with Crippen molar-refractivity contribution in [1.82, 2.24) is 5.32 Å². The number of methoxy groups -OCH3 is 2. The second kappa shape index (κ2) is 6.20. The number of phenols is 1. The quantitative estimate of drug-likeness (QED) is 0.890. The first kappa shape index (κ1) is 15.2. The van der Waals surface area contributed by atoms with Crippen LogP contribution in [-0.2, 0) is 0 Å². The van der Waals surface area contributed by atoms with Gasteiger partial charge in [-0.2, -0.15) is 0 Å². The molecule has 1 aliphatic carbocycles. The molecule has 0 saturated heterocycles. The van der Waals surface area contributed by atoms with Gasteiger partial charge >= 0.3 is 0 Å². The number of carbonyl (C=O) groups is 1. The van der Waals surface area contributed by atoms with Crippen molar-refractivity contribution in [2.45, 2.75) is 18.4 Å². The van der Waals surface area contributed by atoms with E-state index < -0.39 is 0 Å². The summed E-state index contributed by atoms with van der Waals surface area (Å²) >= 11 is 0. The van der Waals surface area contributed by atoms with Crippen LogP contribution < -0.4 is 14.8 Å². The molecule has 0 spiro atoms. The van der Waals surface area contributed by atoms with Gasteiger partial charge < -0.3 is 19.9 Å². The second-order valence-corrected chi connectivity index (χ2v) is 5.55. The molecule has 1 saturated carbocycles. The molecule has 1 amide bonds. The Labute approximate surface area is 134 Å². The number of hydrogen-bond donors (Lipinski definition) is 2. The lowest BCUT2D eigenvalue weighted by Crippen LogP contribution is -2.26. The maximum atomic E-state index is 12.3. The predicted molar refractivity (Wildman–Crippen MR) is 86.3 cm³/mol. The highest BCUT2D eigenvalue weighted by molar-refractivity contribution is 5.97. The van der Waals surface area contributed by atoms with E-state index in [4.69, 9.17) is 9.47 Å². The van der Waals surface area contributed by atoms with E-state index in [0.717, 1.165) is 17.7 Å². The first-order chi connectivity index (χ1) is 11.1. The van der Waals surface area contributed by atoms with Gasteiger partial charge in [-0.1, -0.05) is 18.2 Å². The zero-order valence-corrected chi connectivity index (χ0v) is 13.1. The number of para-hydroxylation sites is 1. The Kier molecular flexibility index (Phi) is 4.10. The molecule has 23 heavy (non-hydrogen) atoms. The van der Waals surface area contributed by atoms with E-state index in [1.54, 1.807) is 19.2 Å². The zero-order chi connectivity index (χ0) is 16.4. The Morgan fingerprint density at radius 1 is 1.17 bits per heavy atom. The molecule has 0 bridgehead atoms.